The molecule has 0 fully saturated rings. The number of pyridine rings is 1. The molecule has 0 aliphatic heterocycles. The summed E-state index contributed by atoms with van der Waals surface area (Å²) in [7, 11) is -1.70. The Bertz CT molecular complexity index is 3220. The average Bonchev–Trinajstić information content (AvgIpc) is 3.88. The molecule has 0 unspecified atom stereocenters. The second-order valence-corrected chi connectivity index (χ2v) is 22.5. The molecule has 0 saturated heterocycles. The molecule has 0 N–H and O–H groups in total. The second kappa shape index (κ2) is 17.7. The van der Waals surface area contributed by atoms with Crippen LogP contribution >= 0.6 is 0 Å². The number of nitrogens with zero attached hydrogens (tertiary/aromatic N) is 3. The van der Waals surface area contributed by atoms with Gasteiger partial charge in [-0.25, -0.2) is 0 Å². The maximum atomic E-state index is 8.75. The van der Waals surface area contributed by atoms with Crippen LogP contribution in [-0.4, -0.2) is 22.6 Å². The van der Waals surface area contributed by atoms with Crippen LogP contribution in [0, 0.1) is 17.5 Å². The van der Waals surface area contributed by atoms with Crippen LogP contribution in [-0.2, 0) is 26.5 Å². The van der Waals surface area contributed by atoms with Gasteiger partial charge in [0.05, 0.1) is 30.5 Å². The largest absolute Gasteiger partial charge is 0.501 e. The van der Waals surface area contributed by atoms with Crippen molar-refractivity contribution in [3.05, 3.63) is 194 Å². The molecule has 3 aromatic heterocycles. The molecule has 0 atom stereocenters. The number of benzene rings is 7. The number of furan rings is 1. The number of hydrogen-bond acceptors (Lipinski definition) is 3. The standard InChI is InChI=1S/C37H23N2O.C19H26NSi.Ir/c1-3-12-25(13-4-1)27-22-23-33(31(24-27)26-14-5-2-6-15-26)39-34-20-9-8-19-32(34)38-37(39)30-18-11-17-29-28-16-7-10-21-35(28)40-36(29)30;1-19(2,3)13-16-12-17(15-10-8-7-9-11-15)20-14-18(16)21(4,5)6;/h1-17,19-24H;7-10,12,14H,13H2,1-6H3;/q2*-1;/i;13D2;. The molecule has 309 valence electrons. The third kappa shape index (κ3) is 8.78. The Balaban J connectivity index is 0.000000201. The topological polar surface area (TPSA) is 43.9 Å². The van der Waals surface area contributed by atoms with E-state index in [4.69, 9.17) is 12.1 Å². The van der Waals surface area contributed by atoms with E-state index in [1.807, 2.05) is 87.6 Å². The Morgan fingerprint density at radius 1 is 0.677 bits per heavy atom. The number of rotatable bonds is 7. The van der Waals surface area contributed by atoms with E-state index in [0.29, 0.717) is 0 Å². The zero-order chi connectivity index (χ0) is 43.9. The van der Waals surface area contributed by atoms with Crippen LogP contribution < -0.4 is 5.19 Å². The maximum absolute atomic E-state index is 8.75. The number of aromatic nitrogens is 3. The van der Waals surface area contributed by atoms with E-state index >= 15 is 0 Å². The first-order valence-corrected chi connectivity index (χ1v) is 24.3. The molecule has 7 aromatic carbocycles. The molecule has 0 aliphatic carbocycles. The van der Waals surface area contributed by atoms with Gasteiger partial charge in [0.1, 0.15) is 5.58 Å². The van der Waals surface area contributed by atoms with Crippen molar-refractivity contribution in [1.82, 2.24) is 14.5 Å². The number of para-hydroxylation sites is 3. The summed E-state index contributed by atoms with van der Waals surface area (Å²) in [6, 6.07) is 64.6. The molecule has 6 heteroatoms. The van der Waals surface area contributed by atoms with Crippen molar-refractivity contribution in [3.63, 3.8) is 0 Å². The Kier molecular flexibility index (Phi) is 11.4. The molecule has 0 bridgehead atoms. The molecule has 0 saturated carbocycles. The minimum absolute atomic E-state index is 0. The van der Waals surface area contributed by atoms with Gasteiger partial charge in [-0.15, -0.1) is 54.1 Å². The van der Waals surface area contributed by atoms with Crippen LogP contribution in [0.1, 0.15) is 29.1 Å². The summed E-state index contributed by atoms with van der Waals surface area (Å²) in [5, 5.41) is 3.25. The summed E-state index contributed by atoms with van der Waals surface area (Å²) in [6.45, 7) is 12.6. The van der Waals surface area contributed by atoms with Crippen molar-refractivity contribution in [2.45, 2.75) is 46.8 Å². The molecule has 0 spiro atoms. The molecule has 10 rings (SSSR count). The Morgan fingerprint density at radius 2 is 1.37 bits per heavy atom. The quantitative estimate of drug-likeness (QED) is 0.118. The maximum Gasteiger partial charge on any atom is 0.120 e. The van der Waals surface area contributed by atoms with Crippen molar-refractivity contribution in [2.75, 3.05) is 0 Å². The van der Waals surface area contributed by atoms with Crippen molar-refractivity contribution < 1.29 is 27.3 Å². The summed E-state index contributed by atoms with van der Waals surface area (Å²) in [5.74, 6) is 0.801. The van der Waals surface area contributed by atoms with Crippen molar-refractivity contribution >= 4 is 46.2 Å². The monoisotopic (exact) mass is 1000 g/mol. The second-order valence-electron chi connectivity index (χ2n) is 17.4. The van der Waals surface area contributed by atoms with Gasteiger partial charge in [-0.3, -0.25) is 4.98 Å². The summed E-state index contributed by atoms with van der Waals surface area (Å²) in [6.07, 6.45) is 0.469. The first-order valence-electron chi connectivity index (χ1n) is 21.8. The minimum Gasteiger partial charge on any atom is -0.501 e. The molecular formula is C56H49IrN3OSi-2. The zero-order valence-electron chi connectivity index (χ0n) is 37.8. The van der Waals surface area contributed by atoms with Gasteiger partial charge < -0.3 is 14.0 Å². The van der Waals surface area contributed by atoms with E-state index in [-0.39, 0.29) is 20.1 Å². The van der Waals surface area contributed by atoms with Crippen LogP contribution in [0.15, 0.2) is 180 Å². The SMILES string of the molecule is [2H]C([2H])(c1cc(-c2[c-]cccc2)ncc1[Si](C)(C)C)C(C)(C)C.[Ir].[c-]1ccc2c(oc3ccccc32)c1-c1nc2ccccc2n1-c1ccc(-c2ccccc2)cc1-c1ccccc1. The summed E-state index contributed by atoms with van der Waals surface area (Å²) < 4.78 is 26.2. The Labute approximate surface area is 382 Å². The van der Waals surface area contributed by atoms with E-state index in [9.17, 15) is 0 Å². The Morgan fingerprint density at radius 3 is 2.10 bits per heavy atom. The van der Waals surface area contributed by atoms with Gasteiger partial charge in [0.2, 0.25) is 0 Å². The van der Waals surface area contributed by atoms with Gasteiger partial charge in [0, 0.05) is 45.7 Å². The van der Waals surface area contributed by atoms with E-state index in [0.717, 1.165) is 83.2 Å². The van der Waals surface area contributed by atoms with Crippen LogP contribution in [0.2, 0.25) is 19.6 Å². The number of fused-ring (bicyclic) bond motifs is 4. The first-order chi connectivity index (χ1) is 30.3. The van der Waals surface area contributed by atoms with Crippen LogP contribution in [0.4, 0.5) is 0 Å². The van der Waals surface area contributed by atoms with Crippen molar-refractivity contribution in [1.29, 1.82) is 0 Å². The molecule has 1 radical (unpaired) electrons. The number of imidazole rings is 1. The van der Waals surface area contributed by atoms with Gasteiger partial charge in [0.15, 0.2) is 0 Å². The smallest absolute Gasteiger partial charge is 0.120 e. The third-order valence-electron chi connectivity index (χ3n) is 10.8. The summed E-state index contributed by atoms with van der Waals surface area (Å²) in [5.41, 5.74) is 12.1. The first kappa shape index (κ1) is 39.9. The molecular weight excluding hydrogens is 951 g/mol. The fourth-order valence-corrected chi connectivity index (χ4v) is 9.34. The molecule has 0 aliphatic rings. The van der Waals surface area contributed by atoms with E-state index in [1.165, 1.54) is 11.1 Å². The van der Waals surface area contributed by atoms with Crippen LogP contribution in [0.25, 0.3) is 83.6 Å². The van der Waals surface area contributed by atoms with E-state index < -0.39 is 19.9 Å². The zero-order valence-corrected chi connectivity index (χ0v) is 39.2. The normalized spacial score (nSPS) is 12.4. The predicted molar refractivity (Wildman–Crippen MR) is 258 cm³/mol. The molecule has 62 heavy (non-hydrogen) atoms. The fraction of sp³-hybridized carbons (Fsp3) is 0.143. The van der Waals surface area contributed by atoms with Crippen molar-refractivity contribution in [2.24, 2.45) is 5.41 Å². The van der Waals surface area contributed by atoms with Crippen molar-refractivity contribution in [3.8, 4) is 50.6 Å². The summed E-state index contributed by atoms with van der Waals surface area (Å²) in [4.78, 5) is 9.78. The molecule has 4 nitrogen and oxygen atoms in total. The van der Waals surface area contributed by atoms with Gasteiger partial charge >= 0.3 is 0 Å². The average molecular weight is 1000 g/mol. The van der Waals surface area contributed by atoms with Gasteiger partial charge in [-0.2, -0.15) is 0 Å². The molecule has 10 aromatic rings. The fourth-order valence-electron chi connectivity index (χ4n) is 7.94. The van der Waals surface area contributed by atoms with Crippen LogP contribution in [0.5, 0.6) is 0 Å². The number of hydrogen-bond donors (Lipinski definition) is 0. The minimum atomic E-state index is -1.70. The molecule has 3 heterocycles. The van der Waals surface area contributed by atoms with E-state index in [2.05, 4.69) is 151 Å². The predicted octanol–water partition coefficient (Wildman–Crippen LogP) is 14.4. The Hall–Kier alpha value is -6.17. The molecule has 0 amide bonds. The van der Waals surface area contributed by atoms with E-state index in [1.54, 1.807) is 0 Å². The van der Waals surface area contributed by atoms with Gasteiger partial charge in [-0.1, -0.05) is 160 Å². The van der Waals surface area contributed by atoms with Gasteiger partial charge in [0.25, 0.3) is 0 Å². The van der Waals surface area contributed by atoms with Crippen LogP contribution in [0.3, 0.4) is 0 Å². The van der Waals surface area contributed by atoms with Gasteiger partial charge in [-0.05, 0) is 69.7 Å². The summed E-state index contributed by atoms with van der Waals surface area (Å²) >= 11 is 0. The third-order valence-corrected chi connectivity index (χ3v) is 12.8.